The van der Waals surface area contributed by atoms with E-state index in [0.29, 0.717) is 29.7 Å². The summed E-state index contributed by atoms with van der Waals surface area (Å²) in [5.74, 6) is -0.635. The highest BCUT2D eigenvalue weighted by Gasteiger charge is 2.46. The Labute approximate surface area is 231 Å². The first kappa shape index (κ1) is 27.1. The fraction of sp³-hybridized carbons (Fsp3) is 0.400. The van der Waals surface area contributed by atoms with Crippen LogP contribution in [0.4, 0.5) is 19.0 Å². The van der Waals surface area contributed by atoms with Crippen molar-refractivity contribution < 1.29 is 31.5 Å². The van der Waals surface area contributed by atoms with E-state index < -0.39 is 27.8 Å². The summed E-state index contributed by atoms with van der Waals surface area (Å²) in [5.41, 5.74) is 7.37. The van der Waals surface area contributed by atoms with Crippen molar-refractivity contribution in [1.82, 2.24) is 34.7 Å². The lowest BCUT2D eigenvalue weighted by molar-refractivity contribution is -0.207. The molecule has 2 unspecified atom stereocenters. The summed E-state index contributed by atoms with van der Waals surface area (Å²) in [5, 5.41) is 20.3. The van der Waals surface area contributed by atoms with Crippen molar-refractivity contribution in [3.63, 3.8) is 0 Å². The molecule has 0 saturated carbocycles. The van der Waals surface area contributed by atoms with Crippen molar-refractivity contribution in [2.75, 3.05) is 12.0 Å². The van der Waals surface area contributed by atoms with Crippen molar-refractivity contribution in [2.45, 2.75) is 60.9 Å². The number of H-pyrrole nitrogens is 1. The average Bonchev–Trinajstić information content (AvgIpc) is 3.65. The van der Waals surface area contributed by atoms with Gasteiger partial charge in [-0.25, -0.2) is 13.4 Å². The van der Waals surface area contributed by atoms with Crippen molar-refractivity contribution >= 4 is 27.2 Å². The van der Waals surface area contributed by atoms with E-state index >= 15 is 0 Å². The number of carbonyl (C=O) groups excluding carboxylic acids is 1. The number of rotatable bonds is 5. The van der Waals surface area contributed by atoms with Crippen LogP contribution in [-0.2, 0) is 9.84 Å². The molecule has 2 aliphatic rings. The number of alkyl halides is 3. The Hall–Kier alpha value is -4.05. The first-order valence-corrected chi connectivity index (χ1v) is 14.6. The third-order valence-corrected chi connectivity index (χ3v) is 8.97. The van der Waals surface area contributed by atoms with E-state index in [1.165, 1.54) is 23.0 Å². The Balaban J connectivity index is 1.40. The van der Waals surface area contributed by atoms with E-state index in [2.05, 4.69) is 20.3 Å². The second-order valence-corrected chi connectivity index (χ2v) is 12.4. The van der Waals surface area contributed by atoms with Crippen LogP contribution in [0.2, 0.25) is 0 Å². The zero-order valence-electron chi connectivity index (χ0n) is 21.6. The van der Waals surface area contributed by atoms with Gasteiger partial charge in [-0.3, -0.25) is 14.9 Å². The number of halogens is 3. The number of aromatic amines is 1. The van der Waals surface area contributed by atoms with Gasteiger partial charge in [-0.05, 0) is 37.8 Å². The van der Waals surface area contributed by atoms with Crippen LogP contribution < -0.4 is 5.73 Å². The van der Waals surface area contributed by atoms with Gasteiger partial charge in [0.25, 0.3) is 5.91 Å². The molecule has 16 heteroatoms. The Morgan fingerprint density at radius 2 is 1.88 bits per heavy atom. The van der Waals surface area contributed by atoms with E-state index in [0.717, 1.165) is 31.4 Å². The first-order chi connectivity index (χ1) is 19.3. The molecule has 1 amide bonds. The SMILES string of the molecule is CS(=O)(=O)c1c(C2C[C@H]3CC[C@@H](C2)N3C(=O)c2ccn[nH]2)nc2c(-c3ccc(C(O)C(F)(F)F)nc3)cnn2c1N. The number of hydrogen-bond donors (Lipinski definition) is 3. The normalized spacial score (nSPS) is 21.9. The molecule has 2 aliphatic heterocycles. The first-order valence-electron chi connectivity index (χ1n) is 12.7. The maximum Gasteiger partial charge on any atom is 0.420 e. The summed E-state index contributed by atoms with van der Waals surface area (Å²) < 4.78 is 65.8. The summed E-state index contributed by atoms with van der Waals surface area (Å²) in [6.07, 6.45) is -0.0765. The lowest BCUT2D eigenvalue weighted by atomic mass is 9.87. The van der Waals surface area contributed by atoms with Crippen molar-refractivity contribution in [3.8, 4) is 11.1 Å². The van der Waals surface area contributed by atoms with E-state index in [9.17, 15) is 31.5 Å². The van der Waals surface area contributed by atoms with Gasteiger partial charge >= 0.3 is 6.18 Å². The number of hydrogen-bond acceptors (Lipinski definition) is 9. The molecule has 0 aliphatic carbocycles. The standard InChI is InChI=1S/C25H25F3N8O4S/c1-41(39,40)20-19(13-8-14-3-4-15(9-13)35(14)24(38)18-6-7-31-34-18)33-23-16(11-32-36(23)22(20)29)12-2-5-17(30-10-12)21(37)25(26,27)28/h2,5-7,10-11,13-15,21,37H,3-4,8-9,29H2,1H3,(H,31,34)/t13?,14-,15+,21?. The minimum atomic E-state index is -4.87. The number of nitrogens with zero attached hydrogens (tertiary/aromatic N) is 6. The molecule has 6 heterocycles. The molecule has 4 aromatic heterocycles. The number of nitrogens with one attached hydrogen (secondary N) is 1. The number of carbonyl (C=O) groups is 1. The van der Waals surface area contributed by atoms with Crippen LogP contribution in [0.5, 0.6) is 0 Å². The Kier molecular flexibility index (Phi) is 6.29. The van der Waals surface area contributed by atoms with Gasteiger partial charge in [0.2, 0.25) is 0 Å². The predicted octanol–water partition coefficient (Wildman–Crippen LogP) is 2.65. The van der Waals surface area contributed by atoms with Gasteiger partial charge in [0.05, 0.1) is 17.6 Å². The van der Waals surface area contributed by atoms with Crippen molar-refractivity contribution in [2.24, 2.45) is 0 Å². The van der Waals surface area contributed by atoms with Gasteiger partial charge in [0, 0.05) is 47.8 Å². The number of aliphatic hydroxyl groups excluding tert-OH is 1. The number of amides is 1. The Morgan fingerprint density at radius 3 is 2.44 bits per heavy atom. The fourth-order valence-electron chi connectivity index (χ4n) is 6.02. The zero-order chi connectivity index (χ0) is 29.3. The van der Waals surface area contributed by atoms with Crippen molar-refractivity contribution in [1.29, 1.82) is 0 Å². The second kappa shape index (κ2) is 9.51. The maximum atomic E-state index is 13.1. The van der Waals surface area contributed by atoms with Crippen molar-refractivity contribution in [3.05, 3.63) is 53.9 Å². The smallest absolute Gasteiger partial charge is 0.382 e. The van der Waals surface area contributed by atoms with Crippen LogP contribution in [-0.4, -0.2) is 78.6 Å². The van der Waals surface area contributed by atoms with E-state index in [1.807, 2.05) is 4.90 Å². The summed E-state index contributed by atoms with van der Waals surface area (Å²) in [4.78, 5) is 23.3. The molecular weight excluding hydrogens is 565 g/mol. The number of piperidine rings is 1. The number of nitrogen functional groups attached to an aromatic ring is 1. The van der Waals surface area contributed by atoms with Gasteiger partial charge in [-0.15, -0.1) is 0 Å². The molecule has 4 atom stereocenters. The molecule has 6 rings (SSSR count). The van der Waals surface area contributed by atoms with E-state index in [1.54, 1.807) is 6.07 Å². The summed E-state index contributed by atoms with van der Waals surface area (Å²) in [6.45, 7) is 0. The van der Waals surface area contributed by atoms with Crippen LogP contribution >= 0.6 is 0 Å². The molecule has 4 N–H and O–H groups in total. The lowest BCUT2D eigenvalue weighted by Crippen LogP contribution is -2.46. The van der Waals surface area contributed by atoms with E-state index in [4.69, 9.17) is 10.7 Å². The second-order valence-electron chi connectivity index (χ2n) is 10.4. The van der Waals surface area contributed by atoms with E-state index in [-0.39, 0.29) is 46.0 Å². The van der Waals surface area contributed by atoms with Gasteiger partial charge in [0.1, 0.15) is 16.4 Å². The summed E-state index contributed by atoms with van der Waals surface area (Å²) in [6, 6.07) is 3.73. The predicted molar refractivity (Wildman–Crippen MR) is 138 cm³/mol. The van der Waals surface area contributed by atoms with Crippen LogP contribution in [0.25, 0.3) is 16.8 Å². The minimum absolute atomic E-state index is 0.137. The largest absolute Gasteiger partial charge is 0.420 e. The highest BCUT2D eigenvalue weighted by Crippen LogP contribution is 2.45. The molecule has 2 fully saturated rings. The molecule has 2 bridgehead atoms. The molecule has 12 nitrogen and oxygen atoms in total. The Bertz CT molecular complexity index is 1730. The molecule has 216 valence electrons. The van der Waals surface area contributed by atoms with Gasteiger partial charge in [0.15, 0.2) is 21.6 Å². The highest BCUT2D eigenvalue weighted by molar-refractivity contribution is 7.91. The fourth-order valence-corrected chi connectivity index (χ4v) is 7.08. The molecular formula is C25H25F3N8O4S. The third-order valence-electron chi connectivity index (χ3n) is 7.81. The lowest BCUT2D eigenvalue weighted by Gasteiger charge is -2.39. The zero-order valence-corrected chi connectivity index (χ0v) is 22.4. The van der Waals surface area contributed by atoms with Gasteiger partial charge in [-0.2, -0.15) is 27.9 Å². The monoisotopic (exact) mass is 590 g/mol. The van der Waals surface area contributed by atoms with Crippen LogP contribution in [0, 0.1) is 0 Å². The maximum absolute atomic E-state index is 13.1. The number of nitrogens with two attached hydrogens (primary N) is 1. The number of aliphatic hydroxyl groups is 1. The number of aromatic nitrogens is 6. The quantitative estimate of drug-likeness (QED) is 0.316. The van der Waals surface area contributed by atoms with Crippen LogP contribution in [0.1, 0.15) is 59.6 Å². The number of anilines is 1. The molecule has 4 aromatic rings. The molecule has 2 saturated heterocycles. The van der Waals surface area contributed by atoms with Gasteiger partial charge < -0.3 is 15.7 Å². The molecule has 41 heavy (non-hydrogen) atoms. The molecule has 0 aromatic carbocycles. The highest BCUT2D eigenvalue weighted by atomic mass is 32.2. The molecule has 0 radical (unpaired) electrons. The summed E-state index contributed by atoms with van der Waals surface area (Å²) >= 11 is 0. The topological polar surface area (TPSA) is 172 Å². The van der Waals surface area contributed by atoms with Crippen LogP contribution in [0.15, 0.2) is 41.7 Å². The van der Waals surface area contributed by atoms with Crippen LogP contribution in [0.3, 0.4) is 0 Å². The number of sulfone groups is 1. The number of pyridine rings is 1. The Morgan fingerprint density at radius 1 is 1.17 bits per heavy atom. The third kappa shape index (κ3) is 4.60. The van der Waals surface area contributed by atoms with Gasteiger partial charge in [-0.1, -0.05) is 6.07 Å². The number of fused-ring (bicyclic) bond motifs is 3. The average molecular weight is 591 g/mol. The minimum Gasteiger partial charge on any atom is -0.382 e. The molecule has 0 spiro atoms. The summed E-state index contributed by atoms with van der Waals surface area (Å²) in [7, 11) is -3.86.